The fourth-order valence-corrected chi connectivity index (χ4v) is 5.72. The van der Waals surface area contributed by atoms with E-state index in [1.165, 1.54) is 0 Å². The van der Waals surface area contributed by atoms with Crippen LogP contribution in [0, 0.1) is 0 Å². The highest BCUT2D eigenvalue weighted by molar-refractivity contribution is 7.88. The second kappa shape index (κ2) is 7.69. The molecule has 0 spiro atoms. The summed E-state index contributed by atoms with van der Waals surface area (Å²) >= 11 is 0. The van der Waals surface area contributed by atoms with Gasteiger partial charge in [0.15, 0.2) is 0 Å². The molecule has 0 bridgehead atoms. The fourth-order valence-electron chi connectivity index (χ4n) is 2.22. The lowest BCUT2D eigenvalue weighted by molar-refractivity contribution is -0.0500. The van der Waals surface area contributed by atoms with Crippen molar-refractivity contribution in [3.8, 4) is 0 Å². The van der Waals surface area contributed by atoms with Gasteiger partial charge in [-0.2, -0.15) is 21.6 Å². The number of nitrogens with zero attached hydrogens (tertiary/aromatic N) is 1. The largest absolute Gasteiger partial charge is 0.522 e. The second-order valence-electron chi connectivity index (χ2n) is 5.57. The van der Waals surface area contributed by atoms with Gasteiger partial charge in [-0.25, -0.2) is 0 Å². The summed E-state index contributed by atoms with van der Waals surface area (Å²) in [5, 5.41) is 0.895. The smallest absolute Gasteiger partial charge is 0.305 e. The van der Waals surface area contributed by atoms with Crippen molar-refractivity contribution in [3.63, 3.8) is 0 Å². The van der Waals surface area contributed by atoms with Crippen LogP contribution in [0.3, 0.4) is 0 Å². The quantitative estimate of drug-likeness (QED) is 0.559. The summed E-state index contributed by atoms with van der Waals surface area (Å²) in [5.41, 5.74) is -4.74. The van der Waals surface area contributed by atoms with E-state index in [1.807, 2.05) is 19.0 Å². The Kier molecular flexibility index (Phi) is 6.04. The third-order valence-electron chi connectivity index (χ3n) is 3.26. The molecule has 0 heterocycles. The van der Waals surface area contributed by atoms with E-state index in [0.29, 0.717) is 16.9 Å². The number of hydrogen-bond acceptors (Lipinski definition) is 4. The highest BCUT2D eigenvalue weighted by atomic mass is 32.2. The van der Waals surface area contributed by atoms with Crippen LogP contribution in [0.1, 0.15) is 5.56 Å². The molecule has 1 radical (unpaired) electrons. The molecular formula is C16H17F3NO3SSi. The Morgan fingerprint density at radius 3 is 2.12 bits per heavy atom. The molecule has 25 heavy (non-hydrogen) atoms. The maximum Gasteiger partial charge on any atom is 0.522 e. The van der Waals surface area contributed by atoms with Crippen LogP contribution in [-0.4, -0.2) is 42.0 Å². The monoisotopic (exact) mass is 388 g/mol. The molecule has 2 rings (SSSR count). The molecule has 9 heteroatoms. The average molecular weight is 388 g/mol. The molecular weight excluding hydrogens is 371 g/mol. The normalized spacial score (nSPS) is 12.8. The number of halogens is 3. The van der Waals surface area contributed by atoms with Gasteiger partial charge in [0.05, 0.1) is 0 Å². The standard InChI is InChI=1S/C16H17F3NO3SSi/c1-20(2)12-13-8-6-7-11-15(13)25(14-9-4-3-5-10-14)23-24(21,22)16(17,18)19/h3-11H,12H2,1-2H3. The van der Waals surface area contributed by atoms with Crippen LogP contribution in [0.25, 0.3) is 0 Å². The number of alkyl halides is 3. The average Bonchev–Trinajstić information content (AvgIpc) is 2.52. The predicted molar refractivity (Wildman–Crippen MR) is 91.4 cm³/mol. The van der Waals surface area contributed by atoms with E-state index < -0.39 is 24.7 Å². The highest BCUT2D eigenvalue weighted by Gasteiger charge is 2.49. The van der Waals surface area contributed by atoms with E-state index in [2.05, 4.69) is 0 Å². The summed E-state index contributed by atoms with van der Waals surface area (Å²) in [6.45, 7) is 0.451. The Hall–Kier alpha value is -1.68. The Morgan fingerprint density at radius 2 is 1.56 bits per heavy atom. The second-order valence-corrected chi connectivity index (χ2v) is 9.39. The minimum Gasteiger partial charge on any atom is -0.305 e. The lowest BCUT2D eigenvalue weighted by atomic mass is 10.2. The van der Waals surface area contributed by atoms with Gasteiger partial charge in [0.1, 0.15) is 0 Å². The summed E-state index contributed by atoms with van der Waals surface area (Å²) in [6.07, 6.45) is 0. The van der Waals surface area contributed by atoms with Gasteiger partial charge in [-0.05, 0) is 30.0 Å². The van der Waals surface area contributed by atoms with Crippen molar-refractivity contribution in [1.82, 2.24) is 4.90 Å². The van der Waals surface area contributed by atoms with Gasteiger partial charge in [0.25, 0.3) is 0 Å². The minimum absolute atomic E-state index is 0.423. The van der Waals surface area contributed by atoms with Crippen molar-refractivity contribution in [1.29, 1.82) is 0 Å². The van der Waals surface area contributed by atoms with Gasteiger partial charge in [-0.15, -0.1) is 0 Å². The van der Waals surface area contributed by atoms with E-state index in [4.69, 9.17) is 3.87 Å². The molecule has 0 aromatic heterocycles. The van der Waals surface area contributed by atoms with Crippen LogP contribution in [0.5, 0.6) is 0 Å². The molecule has 135 valence electrons. The first-order chi connectivity index (χ1) is 11.6. The first kappa shape index (κ1) is 19.6. The zero-order chi connectivity index (χ0) is 18.7. The van der Waals surface area contributed by atoms with Gasteiger partial charge in [-0.1, -0.05) is 54.6 Å². The summed E-state index contributed by atoms with van der Waals surface area (Å²) < 4.78 is 66.4. The first-order valence-electron chi connectivity index (χ1n) is 7.28. The summed E-state index contributed by atoms with van der Waals surface area (Å²) in [5.74, 6) is 0. The molecule has 0 saturated heterocycles. The zero-order valence-corrected chi connectivity index (χ0v) is 15.4. The number of hydrogen-bond donors (Lipinski definition) is 0. The van der Waals surface area contributed by atoms with Gasteiger partial charge in [0.2, 0.25) is 0 Å². The molecule has 2 aromatic rings. The van der Waals surface area contributed by atoms with Gasteiger partial charge in [-0.3, -0.25) is 3.87 Å². The maximum atomic E-state index is 12.8. The Morgan fingerprint density at radius 1 is 1.00 bits per heavy atom. The Balaban J connectivity index is 2.55. The Labute approximate surface area is 146 Å². The van der Waals surface area contributed by atoms with Crippen LogP contribution in [0.15, 0.2) is 54.6 Å². The van der Waals surface area contributed by atoms with Crippen LogP contribution < -0.4 is 10.4 Å². The van der Waals surface area contributed by atoms with Crippen molar-refractivity contribution in [3.05, 3.63) is 60.2 Å². The third-order valence-corrected chi connectivity index (χ3v) is 7.21. The molecule has 0 N–H and O–H groups in total. The molecule has 0 atom stereocenters. The molecule has 0 unspecified atom stereocenters. The van der Waals surface area contributed by atoms with Crippen molar-refractivity contribution >= 4 is 29.5 Å². The molecule has 0 amide bonds. The molecule has 0 aliphatic carbocycles. The third kappa shape index (κ3) is 4.91. The van der Waals surface area contributed by atoms with Crippen LogP contribution in [0.2, 0.25) is 0 Å². The van der Waals surface area contributed by atoms with E-state index in [0.717, 1.165) is 5.56 Å². The van der Waals surface area contributed by atoms with Crippen LogP contribution in [0.4, 0.5) is 13.2 Å². The summed E-state index contributed by atoms with van der Waals surface area (Å²) in [6, 6.07) is 14.9. The minimum atomic E-state index is -5.71. The van der Waals surface area contributed by atoms with E-state index in [9.17, 15) is 21.6 Å². The first-order valence-corrected chi connectivity index (χ1v) is 10.1. The molecule has 0 aliphatic rings. The van der Waals surface area contributed by atoms with Crippen molar-refractivity contribution in [2.24, 2.45) is 0 Å². The van der Waals surface area contributed by atoms with Crippen molar-refractivity contribution in [2.45, 2.75) is 12.1 Å². The zero-order valence-electron chi connectivity index (χ0n) is 13.6. The highest BCUT2D eigenvalue weighted by Crippen LogP contribution is 2.25. The van der Waals surface area contributed by atoms with E-state index in [1.54, 1.807) is 54.6 Å². The van der Waals surface area contributed by atoms with Gasteiger partial charge >= 0.3 is 24.7 Å². The topological polar surface area (TPSA) is 46.6 Å². The van der Waals surface area contributed by atoms with Crippen LogP contribution >= 0.6 is 0 Å². The summed E-state index contributed by atoms with van der Waals surface area (Å²) in [4.78, 5) is 1.85. The number of rotatable bonds is 6. The maximum absolute atomic E-state index is 12.8. The fraction of sp³-hybridized carbons (Fsp3) is 0.250. The Bertz CT molecular complexity index is 811. The van der Waals surface area contributed by atoms with Gasteiger partial charge in [0, 0.05) is 6.54 Å². The molecule has 2 aromatic carbocycles. The van der Waals surface area contributed by atoms with Crippen molar-refractivity contribution in [2.75, 3.05) is 14.1 Å². The van der Waals surface area contributed by atoms with Gasteiger partial charge < -0.3 is 4.90 Å². The van der Waals surface area contributed by atoms with E-state index >= 15 is 0 Å². The molecule has 4 nitrogen and oxygen atoms in total. The lowest BCUT2D eigenvalue weighted by Crippen LogP contribution is -2.50. The number of benzene rings is 2. The molecule has 0 saturated carbocycles. The van der Waals surface area contributed by atoms with Crippen molar-refractivity contribution < 1.29 is 25.5 Å². The van der Waals surface area contributed by atoms with E-state index in [-0.39, 0.29) is 0 Å². The summed E-state index contributed by atoms with van der Waals surface area (Å²) in [7, 11) is -4.72. The molecule has 0 fully saturated rings. The van der Waals surface area contributed by atoms with Crippen LogP contribution in [-0.2, 0) is 20.5 Å². The lowest BCUT2D eigenvalue weighted by Gasteiger charge is -2.21. The SMILES string of the molecule is CN(C)Cc1ccccc1[Si](OS(=O)(=O)C(F)(F)F)c1ccccc1. The molecule has 0 aliphatic heterocycles. The predicted octanol–water partition coefficient (Wildman–Crippen LogP) is 1.72.